The van der Waals surface area contributed by atoms with Crippen LogP contribution in [0.3, 0.4) is 0 Å². The second-order valence-electron chi connectivity index (χ2n) is 9.48. The van der Waals surface area contributed by atoms with Crippen molar-refractivity contribution in [1.82, 2.24) is 0 Å². The molecule has 3 aromatic rings. The van der Waals surface area contributed by atoms with Crippen molar-refractivity contribution in [3.8, 4) is 0 Å². The van der Waals surface area contributed by atoms with Gasteiger partial charge in [0.25, 0.3) is 5.69 Å². The normalized spacial score (nSPS) is 28.4. The van der Waals surface area contributed by atoms with E-state index < -0.39 is 39.4 Å². The molecule has 2 bridgehead atoms. The Hall–Kier alpha value is -4.13. The van der Waals surface area contributed by atoms with Crippen molar-refractivity contribution in [3.05, 3.63) is 105 Å². The minimum absolute atomic E-state index is 0.191. The zero-order valence-corrected chi connectivity index (χ0v) is 18.5. The largest absolute Gasteiger partial charge is 0.302 e. The number of carbonyl (C=O) groups excluding carboxylic acids is 3. The molecule has 1 saturated heterocycles. The number of nitro benzene ring substituents is 1. The molecule has 0 radical (unpaired) electrons. The number of hydrogen-bond donors (Lipinski definition) is 0. The first kappa shape index (κ1) is 20.5. The van der Waals surface area contributed by atoms with Crippen LogP contribution in [0.5, 0.6) is 0 Å². The first-order valence-electron chi connectivity index (χ1n) is 11.1. The summed E-state index contributed by atoms with van der Waals surface area (Å²) < 4.78 is 0. The van der Waals surface area contributed by atoms with Crippen LogP contribution in [0.4, 0.5) is 11.4 Å². The molecule has 4 aliphatic rings. The molecule has 0 aromatic heterocycles. The average Bonchev–Trinajstić information content (AvgIpc) is 3.12. The van der Waals surface area contributed by atoms with E-state index in [0.29, 0.717) is 5.56 Å². The smallest absolute Gasteiger partial charge is 0.271 e. The number of amides is 2. The summed E-state index contributed by atoms with van der Waals surface area (Å²) in [5, 5.41) is 11.4. The van der Waals surface area contributed by atoms with Crippen molar-refractivity contribution < 1.29 is 19.3 Å². The number of rotatable bonds is 3. The van der Waals surface area contributed by atoms with Crippen molar-refractivity contribution in [2.24, 2.45) is 11.8 Å². The molecule has 1 fully saturated rings. The molecule has 1 aliphatic heterocycles. The summed E-state index contributed by atoms with van der Waals surface area (Å²) in [4.78, 5) is 53.1. The molecule has 7 rings (SSSR count). The summed E-state index contributed by atoms with van der Waals surface area (Å²) in [5.74, 6) is -2.68. The molecule has 0 saturated carbocycles. The predicted octanol–water partition coefficient (Wildman–Crippen LogP) is 3.83. The molecule has 7 heteroatoms. The summed E-state index contributed by atoms with van der Waals surface area (Å²) in [6, 6.07) is 19.2. The van der Waals surface area contributed by atoms with Gasteiger partial charge in [0.05, 0.1) is 27.9 Å². The molecule has 3 aliphatic carbocycles. The lowest BCUT2D eigenvalue weighted by atomic mass is 9.42. The number of nitro groups is 1. The van der Waals surface area contributed by atoms with Crippen LogP contribution in [0.15, 0.2) is 66.7 Å². The zero-order chi connectivity index (χ0) is 24.0. The van der Waals surface area contributed by atoms with Gasteiger partial charge < -0.3 is 4.79 Å². The van der Waals surface area contributed by atoms with E-state index in [2.05, 4.69) is 0 Å². The Morgan fingerprint density at radius 2 is 1.41 bits per heavy atom. The Kier molecular flexibility index (Phi) is 3.90. The van der Waals surface area contributed by atoms with Crippen LogP contribution in [0.2, 0.25) is 0 Å². The van der Waals surface area contributed by atoms with Crippen LogP contribution in [0.1, 0.15) is 34.7 Å². The van der Waals surface area contributed by atoms with E-state index in [0.717, 1.165) is 33.4 Å². The number of aryl methyl sites for hydroxylation is 1. The van der Waals surface area contributed by atoms with E-state index in [1.807, 2.05) is 55.5 Å². The van der Waals surface area contributed by atoms with E-state index in [4.69, 9.17) is 0 Å². The molecule has 0 spiro atoms. The number of non-ortho nitro benzene ring substituents is 1. The van der Waals surface area contributed by atoms with Gasteiger partial charge >= 0.3 is 0 Å². The Labute approximate surface area is 195 Å². The maximum Gasteiger partial charge on any atom is 0.271 e. The van der Waals surface area contributed by atoms with E-state index >= 15 is 0 Å². The minimum atomic E-state index is -1.31. The first-order chi connectivity index (χ1) is 16.3. The van der Waals surface area contributed by atoms with Crippen LogP contribution < -0.4 is 4.90 Å². The summed E-state index contributed by atoms with van der Waals surface area (Å²) in [5.41, 5.74) is 1.61. The summed E-state index contributed by atoms with van der Waals surface area (Å²) in [6.07, 6.45) is 0.816. The Bertz CT molecular complexity index is 1410. The van der Waals surface area contributed by atoms with Gasteiger partial charge in [-0.25, -0.2) is 4.90 Å². The average molecular weight is 452 g/mol. The summed E-state index contributed by atoms with van der Waals surface area (Å²) in [7, 11) is 0. The SMILES string of the molecule is Cc1ccc([N+](=O)[O-])cc1N1C(=O)[C@H]2[C@H](C1=O)C1(C=O)c3ccccc3C2(C)c2ccccc21. The van der Waals surface area contributed by atoms with Crippen LogP contribution in [-0.4, -0.2) is 23.0 Å². The van der Waals surface area contributed by atoms with E-state index in [1.54, 1.807) is 6.92 Å². The quantitative estimate of drug-likeness (QED) is 0.260. The minimum Gasteiger partial charge on any atom is -0.302 e. The molecule has 2 atom stereocenters. The first-order valence-corrected chi connectivity index (χ1v) is 11.1. The third-order valence-electron chi connectivity index (χ3n) is 8.11. The third kappa shape index (κ3) is 2.10. The monoisotopic (exact) mass is 452 g/mol. The van der Waals surface area contributed by atoms with Gasteiger partial charge in [0.1, 0.15) is 6.29 Å². The fourth-order valence-electron chi connectivity index (χ4n) is 6.65. The molecule has 1 heterocycles. The molecule has 2 amide bonds. The molecule has 3 aromatic carbocycles. The highest BCUT2D eigenvalue weighted by Crippen LogP contribution is 2.66. The standard InChI is InChI=1S/C27H20N2O5/c1-15-11-12-16(29(33)34)13-21(15)28-24(31)22-23(25(28)32)27(14-30)19-9-5-3-7-17(19)26(22,2)18-8-4-6-10-20(18)27/h3-14,22-23H,1-2H3/t22-,23-,26?,27?/m1/s1. The van der Waals surface area contributed by atoms with Gasteiger partial charge in [0, 0.05) is 17.5 Å². The molecule has 7 nitrogen and oxygen atoms in total. The van der Waals surface area contributed by atoms with E-state index in [-0.39, 0.29) is 11.4 Å². The predicted molar refractivity (Wildman–Crippen MR) is 123 cm³/mol. The molecule has 34 heavy (non-hydrogen) atoms. The van der Waals surface area contributed by atoms with Crippen molar-refractivity contribution in [1.29, 1.82) is 0 Å². The molecule has 0 N–H and O–H groups in total. The number of nitrogens with zero attached hydrogens (tertiary/aromatic N) is 2. The van der Waals surface area contributed by atoms with Gasteiger partial charge in [0.2, 0.25) is 11.8 Å². The lowest BCUT2D eigenvalue weighted by Crippen LogP contribution is -2.61. The molecular weight excluding hydrogens is 432 g/mol. The van der Waals surface area contributed by atoms with Crippen molar-refractivity contribution in [2.45, 2.75) is 24.7 Å². The maximum atomic E-state index is 14.1. The number of anilines is 1. The van der Waals surface area contributed by atoms with Crippen LogP contribution in [0.25, 0.3) is 0 Å². The van der Waals surface area contributed by atoms with Crippen LogP contribution in [0, 0.1) is 28.9 Å². The number of carbonyl (C=O) groups is 3. The Balaban J connectivity index is 1.67. The number of aldehydes is 1. The highest BCUT2D eigenvalue weighted by atomic mass is 16.6. The van der Waals surface area contributed by atoms with Gasteiger partial charge in [-0.2, -0.15) is 0 Å². The highest BCUT2D eigenvalue weighted by molar-refractivity contribution is 6.25. The lowest BCUT2D eigenvalue weighted by molar-refractivity contribution is -0.384. The van der Waals surface area contributed by atoms with Gasteiger partial charge in [-0.05, 0) is 34.7 Å². The fourth-order valence-corrected chi connectivity index (χ4v) is 6.65. The molecule has 0 unspecified atom stereocenters. The van der Waals surface area contributed by atoms with Gasteiger partial charge in [-0.3, -0.25) is 19.7 Å². The number of benzene rings is 3. The van der Waals surface area contributed by atoms with Crippen molar-refractivity contribution in [2.75, 3.05) is 4.90 Å². The third-order valence-corrected chi connectivity index (χ3v) is 8.11. The second-order valence-corrected chi connectivity index (χ2v) is 9.48. The van der Waals surface area contributed by atoms with Gasteiger partial charge in [0.15, 0.2) is 0 Å². The Morgan fingerprint density at radius 3 is 1.94 bits per heavy atom. The fraction of sp³-hybridized carbons (Fsp3) is 0.222. The van der Waals surface area contributed by atoms with Gasteiger partial charge in [-0.15, -0.1) is 0 Å². The maximum absolute atomic E-state index is 14.1. The summed E-state index contributed by atoms with van der Waals surface area (Å²) in [6.45, 7) is 3.67. The second kappa shape index (κ2) is 6.47. The van der Waals surface area contributed by atoms with Gasteiger partial charge in [-0.1, -0.05) is 61.5 Å². The molecular formula is C27H20N2O5. The number of imide groups is 1. The van der Waals surface area contributed by atoms with E-state index in [1.165, 1.54) is 18.2 Å². The lowest BCUT2D eigenvalue weighted by Gasteiger charge is -2.56. The topological polar surface area (TPSA) is 97.6 Å². The zero-order valence-electron chi connectivity index (χ0n) is 18.5. The van der Waals surface area contributed by atoms with Crippen LogP contribution in [-0.2, 0) is 25.2 Å². The Morgan fingerprint density at radius 1 is 0.882 bits per heavy atom. The molecule has 168 valence electrons. The van der Waals surface area contributed by atoms with Crippen molar-refractivity contribution >= 4 is 29.5 Å². The van der Waals surface area contributed by atoms with E-state index in [9.17, 15) is 24.5 Å². The number of hydrogen-bond acceptors (Lipinski definition) is 5. The summed E-state index contributed by atoms with van der Waals surface area (Å²) >= 11 is 0. The van der Waals surface area contributed by atoms with Crippen LogP contribution >= 0.6 is 0 Å². The highest BCUT2D eigenvalue weighted by Gasteiger charge is 2.72. The van der Waals surface area contributed by atoms with Crippen molar-refractivity contribution in [3.63, 3.8) is 0 Å².